The quantitative estimate of drug-likeness (QED) is 0.574. The van der Waals surface area contributed by atoms with Gasteiger partial charge in [0.15, 0.2) is 10.6 Å². The Bertz CT molecular complexity index is 778. The topological polar surface area (TPSA) is 43.1 Å². The minimum atomic E-state index is 0.132. The summed E-state index contributed by atoms with van der Waals surface area (Å²) in [6, 6.07) is 7.61. The van der Waals surface area contributed by atoms with Crippen LogP contribution in [-0.4, -0.2) is 38.2 Å². The van der Waals surface area contributed by atoms with Crippen molar-refractivity contribution in [2.24, 2.45) is 0 Å². The molecule has 2 rings (SSSR count). The number of aromatic nitrogens is 3. The smallest absolute Gasteiger partial charge is 0.224 e. The molecule has 0 spiro atoms. The van der Waals surface area contributed by atoms with Gasteiger partial charge in [-0.1, -0.05) is 24.9 Å². The molecule has 5 nitrogen and oxygen atoms in total. The van der Waals surface area contributed by atoms with Gasteiger partial charge in [0.2, 0.25) is 5.91 Å². The Hall–Kier alpha value is -1.66. The zero-order valence-electron chi connectivity index (χ0n) is 15.7. The number of aryl methyl sites for hydroxylation is 1. The molecule has 1 heterocycles. The second-order valence-corrected chi connectivity index (χ2v) is 6.96. The van der Waals surface area contributed by atoms with Gasteiger partial charge in [-0.3, -0.25) is 9.36 Å². The molecule has 0 aliphatic carbocycles. The summed E-state index contributed by atoms with van der Waals surface area (Å²) in [5.41, 5.74) is 0.977. The van der Waals surface area contributed by atoms with Crippen molar-refractivity contribution in [3.05, 3.63) is 34.1 Å². The first-order valence-electron chi connectivity index (χ1n) is 9.23. The highest BCUT2D eigenvalue weighted by Gasteiger charge is 2.15. The van der Waals surface area contributed by atoms with Crippen LogP contribution in [0.25, 0.3) is 11.4 Å². The maximum absolute atomic E-state index is 12.3. The number of amides is 1. The SMILES string of the molecule is CCCCn1c(-c2ccc(Cl)cc2)nn(CCC(=O)N(CC)CC)c1=S. The molecule has 1 aromatic heterocycles. The molecule has 1 aromatic carbocycles. The molecule has 0 fully saturated rings. The monoisotopic (exact) mass is 394 g/mol. The third-order valence-corrected chi connectivity index (χ3v) is 5.10. The number of unbranched alkanes of at least 4 members (excludes halogenated alkanes) is 1. The first-order chi connectivity index (χ1) is 12.5. The van der Waals surface area contributed by atoms with Crippen molar-refractivity contribution in [3.8, 4) is 11.4 Å². The van der Waals surface area contributed by atoms with Crippen molar-refractivity contribution in [3.63, 3.8) is 0 Å². The Labute approximate surface area is 165 Å². The normalized spacial score (nSPS) is 10.9. The minimum absolute atomic E-state index is 0.132. The van der Waals surface area contributed by atoms with Gasteiger partial charge in [0.1, 0.15) is 0 Å². The average molecular weight is 395 g/mol. The third kappa shape index (κ3) is 4.95. The number of halogens is 1. The number of hydrogen-bond acceptors (Lipinski definition) is 3. The number of carbonyl (C=O) groups excluding carboxylic acids is 1. The van der Waals surface area contributed by atoms with E-state index in [9.17, 15) is 4.79 Å². The summed E-state index contributed by atoms with van der Waals surface area (Å²) in [5.74, 6) is 0.962. The van der Waals surface area contributed by atoms with E-state index < -0.39 is 0 Å². The van der Waals surface area contributed by atoms with Gasteiger partial charge >= 0.3 is 0 Å². The van der Waals surface area contributed by atoms with Crippen LogP contribution >= 0.6 is 23.8 Å². The van der Waals surface area contributed by atoms with E-state index in [4.69, 9.17) is 28.9 Å². The van der Waals surface area contributed by atoms with Gasteiger partial charge in [0.05, 0.1) is 6.54 Å². The predicted octanol–water partition coefficient (Wildman–Crippen LogP) is 4.79. The molecule has 0 saturated carbocycles. The van der Waals surface area contributed by atoms with E-state index in [1.54, 1.807) is 4.68 Å². The molecule has 0 aliphatic heterocycles. The van der Waals surface area contributed by atoms with Crippen molar-refractivity contribution in [2.45, 2.75) is 53.1 Å². The predicted molar refractivity (Wildman–Crippen MR) is 109 cm³/mol. The van der Waals surface area contributed by atoms with E-state index in [1.165, 1.54) is 0 Å². The van der Waals surface area contributed by atoms with E-state index in [2.05, 4.69) is 11.5 Å². The second kappa shape index (κ2) is 9.88. The molecule has 7 heteroatoms. The molecule has 0 radical (unpaired) electrons. The molecule has 142 valence electrons. The highest BCUT2D eigenvalue weighted by molar-refractivity contribution is 7.71. The van der Waals surface area contributed by atoms with Gasteiger partial charge in [0.25, 0.3) is 0 Å². The van der Waals surface area contributed by atoms with Crippen LogP contribution < -0.4 is 0 Å². The van der Waals surface area contributed by atoms with Crippen molar-refractivity contribution in [1.29, 1.82) is 0 Å². The highest BCUT2D eigenvalue weighted by atomic mass is 35.5. The molecule has 26 heavy (non-hydrogen) atoms. The summed E-state index contributed by atoms with van der Waals surface area (Å²) >= 11 is 11.6. The van der Waals surface area contributed by atoms with E-state index in [-0.39, 0.29) is 5.91 Å². The molecule has 1 amide bonds. The van der Waals surface area contributed by atoms with Gasteiger partial charge in [-0.05, 0) is 56.8 Å². The van der Waals surface area contributed by atoms with Crippen LogP contribution in [0.2, 0.25) is 5.02 Å². The summed E-state index contributed by atoms with van der Waals surface area (Å²) in [6.07, 6.45) is 2.51. The zero-order valence-corrected chi connectivity index (χ0v) is 17.3. The van der Waals surface area contributed by atoms with E-state index in [1.807, 2.05) is 43.0 Å². The van der Waals surface area contributed by atoms with Crippen molar-refractivity contribution >= 4 is 29.7 Å². The number of rotatable bonds is 9. The maximum Gasteiger partial charge on any atom is 0.224 e. The lowest BCUT2D eigenvalue weighted by Crippen LogP contribution is -2.31. The third-order valence-electron chi connectivity index (χ3n) is 4.41. The average Bonchev–Trinajstić information content (AvgIpc) is 2.95. The molecule has 2 aromatic rings. The minimum Gasteiger partial charge on any atom is -0.343 e. The number of hydrogen-bond donors (Lipinski definition) is 0. The summed E-state index contributed by atoms with van der Waals surface area (Å²) < 4.78 is 4.50. The van der Waals surface area contributed by atoms with Crippen LogP contribution in [0.5, 0.6) is 0 Å². The molecular weight excluding hydrogens is 368 g/mol. The Morgan fingerprint density at radius 2 is 1.81 bits per heavy atom. The van der Waals surface area contributed by atoms with E-state index in [0.717, 1.165) is 43.9 Å². The van der Waals surface area contributed by atoms with Crippen molar-refractivity contribution in [1.82, 2.24) is 19.2 Å². The Morgan fingerprint density at radius 1 is 1.15 bits per heavy atom. The van der Waals surface area contributed by atoms with Gasteiger partial charge < -0.3 is 4.90 Å². The first kappa shape index (κ1) is 20.6. The Kier molecular flexibility index (Phi) is 7.85. The lowest BCUT2D eigenvalue weighted by atomic mass is 10.2. The maximum atomic E-state index is 12.3. The van der Waals surface area contributed by atoms with E-state index in [0.29, 0.717) is 22.8 Å². The van der Waals surface area contributed by atoms with Gasteiger partial charge in [-0.25, -0.2) is 4.68 Å². The van der Waals surface area contributed by atoms with Crippen LogP contribution in [-0.2, 0) is 17.9 Å². The number of nitrogens with zero attached hydrogens (tertiary/aromatic N) is 4. The molecule has 0 N–H and O–H groups in total. The number of benzene rings is 1. The summed E-state index contributed by atoms with van der Waals surface area (Å²) in [7, 11) is 0. The fourth-order valence-electron chi connectivity index (χ4n) is 2.85. The second-order valence-electron chi connectivity index (χ2n) is 6.16. The first-order valence-corrected chi connectivity index (χ1v) is 10.0. The Balaban J connectivity index is 2.28. The summed E-state index contributed by atoms with van der Waals surface area (Å²) in [5, 5.41) is 5.40. The van der Waals surface area contributed by atoms with Gasteiger partial charge in [-0.2, -0.15) is 5.10 Å². The molecule has 0 aliphatic rings. The molecule has 0 saturated heterocycles. The molecule has 0 unspecified atom stereocenters. The van der Waals surface area contributed by atoms with Crippen molar-refractivity contribution < 1.29 is 4.79 Å². The van der Waals surface area contributed by atoms with Crippen LogP contribution in [0.3, 0.4) is 0 Å². The lowest BCUT2D eigenvalue weighted by molar-refractivity contribution is -0.131. The van der Waals surface area contributed by atoms with Crippen LogP contribution in [0, 0.1) is 4.77 Å². The zero-order chi connectivity index (χ0) is 19.1. The van der Waals surface area contributed by atoms with Gasteiger partial charge in [-0.15, -0.1) is 0 Å². The van der Waals surface area contributed by atoms with Crippen LogP contribution in [0.4, 0.5) is 0 Å². The summed E-state index contributed by atoms with van der Waals surface area (Å²) in [4.78, 5) is 14.1. The highest BCUT2D eigenvalue weighted by Crippen LogP contribution is 2.21. The van der Waals surface area contributed by atoms with Gasteiger partial charge in [0, 0.05) is 36.6 Å². The molecule has 0 bridgehead atoms. The molecular formula is C19H27ClN4OS. The molecule has 0 atom stereocenters. The fourth-order valence-corrected chi connectivity index (χ4v) is 3.29. The standard InChI is InChI=1S/C19H27ClN4OS/c1-4-7-13-23-18(15-8-10-16(20)11-9-15)21-24(19(23)26)14-12-17(25)22(5-2)6-3/h8-11H,4-7,12-14H2,1-3H3. The largest absolute Gasteiger partial charge is 0.343 e. The van der Waals surface area contributed by atoms with Crippen LogP contribution in [0.15, 0.2) is 24.3 Å². The number of carbonyl (C=O) groups is 1. The Morgan fingerprint density at radius 3 is 2.38 bits per heavy atom. The summed E-state index contributed by atoms with van der Waals surface area (Å²) in [6.45, 7) is 8.89. The fraction of sp³-hybridized carbons (Fsp3) is 0.526. The lowest BCUT2D eigenvalue weighted by Gasteiger charge is -2.18. The van der Waals surface area contributed by atoms with Crippen LogP contribution in [0.1, 0.15) is 40.0 Å². The van der Waals surface area contributed by atoms with E-state index >= 15 is 0 Å². The van der Waals surface area contributed by atoms with Crippen molar-refractivity contribution in [2.75, 3.05) is 13.1 Å².